The van der Waals surface area contributed by atoms with Crippen LogP contribution in [-0.4, -0.2) is 38.6 Å². The standard InChI is InChI=1S/C19H24ClNO4/c1-23-18-4-2-3-16(13-21-9-11-24-12-10-22)19(18)25-14-15-5-7-17(20)8-6-15/h2-8,21-22H,9-14H2,1H3. The Labute approximate surface area is 153 Å². The van der Waals surface area contributed by atoms with Crippen molar-refractivity contribution < 1.29 is 19.3 Å². The summed E-state index contributed by atoms with van der Waals surface area (Å²) in [5.41, 5.74) is 2.04. The summed E-state index contributed by atoms with van der Waals surface area (Å²) in [6, 6.07) is 13.4. The number of ether oxygens (including phenoxy) is 3. The molecule has 2 N–H and O–H groups in total. The van der Waals surface area contributed by atoms with Crippen LogP contribution in [0, 0.1) is 0 Å². The number of methoxy groups -OCH3 is 1. The molecular weight excluding hydrogens is 342 g/mol. The molecule has 6 heteroatoms. The van der Waals surface area contributed by atoms with Crippen molar-refractivity contribution in [3.8, 4) is 11.5 Å². The Morgan fingerprint density at radius 3 is 2.60 bits per heavy atom. The topological polar surface area (TPSA) is 60.0 Å². The van der Waals surface area contributed by atoms with Crippen molar-refractivity contribution in [1.82, 2.24) is 5.32 Å². The van der Waals surface area contributed by atoms with Crippen LogP contribution in [-0.2, 0) is 17.9 Å². The van der Waals surface area contributed by atoms with Gasteiger partial charge in [0.15, 0.2) is 11.5 Å². The zero-order chi connectivity index (χ0) is 17.9. The van der Waals surface area contributed by atoms with Crippen molar-refractivity contribution in [2.24, 2.45) is 0 Å². The molecule has 0 radical (unpaired) electrons. The second-order valence-corrected chi connectivity index (χ2v) is 5.81. The number of aliphatic hydroxyl groups is 1. The van der Waals surface area contributed by atoms with E-state index in [0.29, 0.717) is 43.7 Å². The first-order chi connectivity index (χ1) is 12.2. The Bertz CT molecular complexity index is 634. The van der Waals surface area contributed by atoms with Crippen molar-refractivity contribution >= 4 is 11.6 Å². The Morgan fingerprint density at radius 1 is 1.08 bits per heavy atom. The first-order valence-electron chi connectivity index (χ1n) is 8.17. The summed E-state index contributed by atoms with van der Waals surface area (Å²) < 4.78 is 16.7. The number of nitrogens with one attached hydrogen (secondary N) is 1. The molecule has 5 nitrogen and oxygen atoms in total. The van der Waals surface area contributed by atoms with Crippen LogP contribution in [0.1, 0.15) is 11.1 Å². The molecule has 0 amide bonds. The largest absolute Gasteiger partial charge is 0.493 e. The molecule has 2 aromatic carbocycles. The minimum Gasteiger partial charge on any atom is -0.493 e. The van der Waals surface area contributed by atoms with Gasteiger partial charge in [-0.3, -0.25) is 0 Å². The lowest BCUT2D eigenvalue weighted by Gasteiger charge is -2.16. The fourth-order valence-electron chi connectivity index (χ4n) is 2.30. The van der Waals surface area contributed by atoms with Crippen LogP contribution in [0.5, 0.6) is 11.5 Å². The molecule has 136 valence electrons. The zero-order valence-corrected chi connectivity index (χ0v) is 15.1. The first-order valence-corrected chi connectivity index (χ1v) is 8.55. The predicted molar refractivity (Wildman–Crippen MR) is 98.4 cm³/mol. The summed E-state index contributed by atoms with van der Waals surface area (Å²) in [5, 5.41) is 12.7. The number of hydrogen-bond acceptors (Lipinski definition) is 5. The van der Waals surface area contributed by atoms with E-state index in [-0.39, 0.29) is 6.61 Å². The van der Waals surface area contributed by atoms with E-state index in [9.17, 15) is 0 Å². The average Bonchev–Trinajstić information content (AvgIpc) is 2.64. The summed E-state index contributed by atoms with van der Waals surface area (Å²) in [4.78, 5) is 0. The summed E-state index contributed by atoms with van der Waals surface area (Å²) in [5.74, 6) is 1.42. The smallest absolute Gasteiger partial charge is 0.166 e. The van der Waals surface area contributed by atoms with Gasteiger partial charge < -0.3 is 24.6 Å². The van der Waals surface area contributed by atoms with E-state index in [1.165, 1.54) is 0 Å². The molecule has 2 aromatic rings. The number of hydrogen-bond donors (Lipinski definition) is 2. The first kappa shape index (κ1) is 19.5. The lowest BCUT2D eigenvalue weighted by molar-refractivity contribution is 0.0937. The molecule has 0 saturated heterocycles. The van der Waals surface area contributed by atoms with E-state index >= 15 is 0 Å². The normalized spacial score (nSPS) is 10.7. The molecule has 0 atom stereocenters. The number of para-hydroxylation sites is 1. The third kappa shape index (κ3) is 6.55. The molecule has 0 aliphatic heterocycles. The molecule has 0 unspecified atom stereocenters. The highest BCUT2D eigenvalue weighted by Gasteiger charge is 2.10. The molecule has 0 aromatic heterocycles. The predicted octanol–water partition coefficient (Wildman–Crippen LogP) is 3.03. The highest BCUT2D eigenvalue weighted by Crippen LogP contribution is 2.31. The third-order valence-electron chi connectivity index (χ3n) is 3.55. The molecule has 0 aliphatic rings. The van der Waals surface area contributed by atoms with Crippen molar-refractivity contribution in [1.29, 1.82) is 0 Å². The maximum Gasteiger partial charge on any atom is 0.166 e. The van der Waals surface area contributed by atoms with E-state index in [0.717, 1.165) is 16.9 Å². The van der Waals surface area contributed by atoms with E-state index in [4.69, 9.17) is 30.9 Å². The van der Waals surface area contributed by atoms with Gasteiger partial charge in [0.05, 0.1) is 26.9 Å². The van der Waals surface area contributed by atoms with E-state index < -0.39 is 0 Å². The Morgan fingerprint density at radius 2 is 1.88 bits per heavy atom. The fourth-order valence-corrected chi connectivity index (χ4v) is 2.42. The average molecular weight is 366 g/mol. The molecule has 0 bridgehead atoms. The number of aliphatic hydroxyl groups excluding tert-OH is 1. The third-order valence-corrected chi connectivity index (χ3v) is 3.80. The highest BCUT2D eigenvalue weighted by molar-refractivity contribution is 6.30. The molecule has 0 aliphatic carbocycles. The summed E-state index contributed by atoms with van der Waals surface area (Å²) in [6.45, 7) is 2.70. The van der Waals surface area contributed by atoms with Gasteiger partial charge in [0.25, 0.3) is 0 Å². The van der Waals surface area contributed by atoms with Gasteiger partial charge in [-0.05, 0) is 23.8 Å². The van der Waals surface area contributed by atoms with Crippen LogP contribution in [0.15, 0.2) is 42.5 Å². The Hall–Kier alpha value is -1.79. The number of benzene rings is 2. The van der Waals surface area contributed by atoms with Gasteiger partial charge in [0, 0.05) is 23.7 Å². The maximum absolute atomic E-state index is 8.68. The highest BCUT2D eigenvalue weighted by atomic mass is 35.5. The van der Waals surface area contributed by atoms with E-state index in [1.807, 2.05) is 42.5 Å². The maximum atomic E-state index is 8.68. The van der Waals surface area contributed by atoms with Gasteiger partial charge in [-0.1, -0.05) is 35.9 Å². The molecule has 0 saturated carbocycles. The van der Waals surface area contributed by atoms with Crippen molar-refractivity contribution in [2.75, 3.05) is 33.5 Å². The number of rotatable bonds is 11. The van der Waals surface area contributed by atoms with Crippen LogP contribution in [0.2, 0.25) is 5.02 Å². The molecule has 0 fully saturated rings. The summed E-state index contributed by atoms with van der Waals surface area (Å²) in [6.07, 6.45) is 0. The summed E-state index contributed by atoms with van der Waals surface area (Å²) in [7, 11) is 1.63. The van der Waals surface area contributed by atoms with Crippen molar-refractivity contribution in [2.45, 2.75) is 13.2 Å². The molecule has 2 rings (SSSR count). The van der Waals surface area contributed by atoms with Gasteiger partial charge in [-0.15, -0.1) is 0 Å². The Kier molecular flexibility index (Phi) is 8.55. The molecular formula is C19H24ClNO4. The van der Waals surface area contributed by atoms with Gasteiger partial charge >= 0.3 is 0 Å². The monoisotopic (exact) mass is 365 g/mol. The zero-order valence-electron chi connectivity index (χ0n) is 14.3. The summed E-state index contributed by atoms with van der Waals surface area (Å²) >= 11 is 5.91. The van der Waals surface area contributed by atoms with E-state index in [2.05, 4.69) is 5.32 Å². The van der Waals surface area contributed by atoms with Crippen molar-refractivity contribution in [3.63, 3.8) is 0 Å². The van der Waals surface area contributed by atoms with Gasteiger partial charge in [0.1, 0.15) is 6.61 Å². The van der Waals surface area contributed by atoms with Gasteiger partial charge in [-0.25, -0.2) is 0 Å². The van der Waals surface area contributed by atoms with E-state index in [1.54, 1.807) is 7.11 Å². The van der Waals surface area contributed by atoms with Crippen LogP contribution >= 0.6 is 11.6 Å². The van der Waals surface area contributed by atoms with Crippen LogP contribution < -0.4 is 14.8 Å². The quantitative estimate of drug-likeness (QED) is 0.599. The lowest BCUT2D eigenvalue weighted by Crippen LogP contribution is -2.20. The second kappa shape index (κ2) is 10.9. The minimum atomic E-state index is 0.0402. The van der Waals surface area contributed by atoms with Crippen LogP contribution in [0.25, 0.3) is 0 Å². The van der Waals surface area contributed by atoms with Gasteiger partial charge in [-0.2, -0.15) is 0 Å². The van der Waals surface area contributed by atoms with Gasteiger partial charge in [0.2, 0.25) is 0 Å². The fraction of sp³-hybridized carbons (Fsp3) is 0.368. The lowest BCUT2D eigenvalue weighted by atomic mass is 10.1. The molecule has 0 heterocycles. The molecule has 25 heavy (non-hydrogen) atoms. The Balaban J connectivity index is 1.96. The number of halogens is 1. The van der Waals surface area contributed by atoms with Crippen LogP contribution in [0.4, 0.5) is 0 Å². The van der Waals surface area contributed by atoms with Crippen molar-refractivity contribution in [3.05, 3.63) is 58.6 Å². The molecule has 0 spiro atoms. The second-order valence-electron chi connectivity index (χ2n) is 5.38. The van der Waals surface area contributed by atoms with Crippen LogP contribution in [0.3, 0.4) is 0 Å². The minimum absolute atomic E-state index is 0.0402. The SMILES string of the molecule is COc1cccc(CNCCOCCO)c1OCc1ccc(Cl)cc1.